The van der Waals surface area contributed by atoms with Crippen molar-refractivity contribution in [3.8, 4) is 16.9 Å². The fraction of sp³-hybridized carbons (Fsp3) is 0.111. The summed E-state index contributed by atoms with van der Waals surface area (Å²) in [7, 11) is 1.66. The fourth-order valence-corrected chi connectivity index (χ4v) is 4.77. The minimum absolute atomic E-state index is 0.0702. The van der Waals surface area contributed by atoms with Crippen LogP contribution in [0.5, 0.6) is 5.75 Å². The van der Waals surface area contributed by atoms with Gasteiger partial charge in [0.1, 0.15) is 16.8 Å². The Balaban J connectivity index is 1.60. The Hall–Kier alpha value is -3.77. The van der Waals surface area contributed by atoms with E-state index in [1.807, 2.05) is 85.1 Å². The largest absolute Gasteiger partial charge is 0.497 e. The van der Waals surface area contributed by atoms with Crippen molar-refractivity contribution in [1.82, 2.24) is 14.5 Å². The Morgan fingerprint density at radius 2 is 1.67 bits per heavy atom. The van der Waals surface area contributed by atoms with E-state index >= 15 is 0 Å². The number of nitrogens with zero attached hydrogens (tertiary/aromatic N) is 2. The molecule has 0 bridgehead atoms. The SMILES string of the molecule is COc1cccc(CSc2nc3c(-c4ccccc4)c[nH]c3c(=O)n2Cc2ccccc2)c1. The fourth-order valence-electron chi connectivity index (χ4n) is 3.84. The summed E-state index contributed by atoms with van der Waals surface area (Å²) in [6, 6.07) is 28.0. The van der Waals surface area contributed by atoms with Gasteiger partial charge in [-0.1, -0.05) is 84.6 Å². The van der Waals surface area contributed by atoms with Crippen LogP contribution in [-0.4, -0.2) is 21.6 Å². The van der Waals surface area contributed by atoms with Crippen molar-refractivity contribution in [2.75, 3.05) is 7.11 Å². The van der Waals surface area contributed by atoms with E-state index in [2.05, 4.69) is 11.1 Å². The summed E-state index contributed by atoms with van der Waals surface area (Å²) in [6.45, 7) is 0.461. The summed E-state index contributed by atoms with van der Waals surface area (Å²) in [6.07, 6.45) is 1.87. The lowest BCUT2D eigenvalue weighted by atomic mass is 10.1. The van der Waals surface area contributed by atoms with Gasteiger partial charge in [0.25, 0.3) is 5.56 Å². The van der Waals surface area contributed by atoms with Crippen LogP contribution in [0.1, 0.15) is 11.1 Å². The van der Waals surface area contributed by atoms with E-state index in [0.717, 1.165) is 28.0 Å². The number of ether oxygens (including phenoxy) is 1. The number of aromatic amines is 1. The highest BCUT2D eigenvalue weighted by Crippen LogP contribution is 2.29. The van der Waals surface area contributed by atoms with Gasteiger partial charge in [0, 0.05) is 17.5 Å². The van der Waals surface area contributed by atoms with Gasteiger partial charge < -0.3 is 9.72 Å². The molecule has 0 aliphatic carbocycles. The average molecular weight is 454 g/mol. The van der Waals surface area contributed by atoms with Crippen LogP contribution in [0.4, 0.5) is 0 Å². The van der Waals surface area contributed by atoms with Crippen molar-refractivity contribution in [3.05, 3.63) is 113 Å². The Morgan fingerprint density at radius 1 is 0.939 bits per heavy atom. The number of aromatic nitrogens is 3. The molecule has 164 valence electrons. The first-order chi connectivity index (χ1) is 16.2. The molecule has 6 heteroatoms. The van der Waals surface area contributed by atoms with Gasteiger partial charge in [-0.05, 0) is 28.8 Å². The van der Waals surface area contributed by atoms with Crippen LogP contribution in [0.2, 0.25) is 0 Å². The van der Waals surface area contributed by atoms with E-state index in [1.165, 1.54) is 0 Å². The molecule has 0 unspecified atom stereocenters. The van der Waals surface area contributed by atoms with Gasteiger partial charge in [-0.2, -0.15) is 0 Å². The molecule has 5 aromatic rings. The number of hydrogen-bond donors (Lipinski definition) is 1. The van der Waals surface area contributed by atoms with E-state index in [4.69, 9.17) is 9.72 Å². The average Bonchev–Trinajstić information content (AvgIpc) is 3.30. The molecule has 1 N–H and O–H groups in total. The third kappa shape index (κ3) is 4.43. The molecule has 0 atom stereocenters. The molecule has 0 saturated heterocycles. The Labute approximate surface area is 196 Å². The monoisotopic (exact) mass is 453 g/mol. The van der Waals surface area contributed by atoms with Gasteiger partial charge in [-0.3, -0.25) is 9.36 Å². The summed E-state index contributed by atoms with van der Waals surface area (Å²) >= 11 is 1.56. The molecule has 2 heterocycles. The van der Waals surface area contributed by atoms with Crippen molar-refractivity contribution in [1.29, 1.82) is 0 Å². The van der Waals surface area contributed by atoms with Gasteiger partial charge in [0.2, 0.25) is 0 Å². The molecule has 2 aromatic heterocycles. The maximum atomic E-state index is 13.6. The molecule has 33 heavy (non-hydrogen) atoms. The van der Waals surface area contributed by atoms with Crippen LogP contribution in [0, 0.1) is 0 Å². The highest BCUT2D eigenvalue weighted by Gasteiger charge is 2.17. The first kappa shape index (κ1) is 21.1. The first-order valence-electron chi connectivity index (χ1n) is 10.7. The summed E-state index contributed by atoms with van der Waals surface area (Å²) in [5, 5.41) is 0.691. The summed E-state index contributed by atoms with van der Waals surface area (Å²) in [5.41, 5.74) is 5.27. The molecule has 0 radical (unpaired) electrons. The van der Waals surface area contributed by atoms with Crippen LogP contribution in [-0.2, 0) is 12.3 Å². The summed E-state index contributed by atoms with van der Waals surface area (Å²) in [5.74, 6) is 1.49. The normalized spacial score (nSPS) is 11.1. The minimum Gasteiger partial charge on any atom is -0.497 e. The van der Waals surface area contributed by atoms with E-state index in [0.29, 0.717) is 28.5 Å². The van der Waals surface area contributed by atoms with Crippen molar-refractivity contribution in [2.24, 2.45) is 0 Å². The van der Waals surface area contributed by atoms with Crippen LogP contribution < -0.4 is 10.3 Å². The predicted molar refractivity (Wildman–Crippen MR) is 134 cm³/mol. The molecule has 0 aliphatic rings. The number of benzene rings is 3. The quantitative estimate of drug-likeness (QED) is 0.252. The highest BCUT2D eigenvalue weighted by molar-refractivity contribution is 7.98. The summed E-state index contributed by atoms with van der Waals surface area (Å²) < 4.78 is 7.11. The molecular formula is C27H23N3O2S. The van der Waals surface area contributed by atoms with E-state index in [9.17, 15) is 4.79 Å². The zero-order valence-corrected chi connectivity index (χ0v) is 19.0. The second-order valence-electron chi connectivity index (χ2n) is 7.70. The van der Waals surface area contributed by atoms with Gasteiger partial charge >= 0.3 is 0 Å². The van der Waals surface area contributed by atoms with Crippen molar-refractivity contribution in [3.63, 3.8) is 0 Å². The molecule has 0 fully saturated rings. The van der Waals surface area contributed by atoms with E-state index < -0.39 is 0 Å². The molecule has 5 rings (SSSR count). The Morgan fingerprint density at radius 3 is 2.42 bits per heavy atom. The van der Waals surface area contributed by atoms with E-state index in [-0.39, 0.29) is 5.56 Å². The van der Waals surface area contributed by atoms with Crippen LogP contribution >= 0.6 is 11.8 Å². The van der Waals surface area contributed by atoms with Crippen LogP contribution in [0.25, 0.3) is 22.2 Å². The topological polar surface area (TPSA) is 59.9 Å². The zero-order chi connectivity index (χ0) is 22.6. The second-order valence-corrected chi connectivity index (χ2v) is 8.65. The molecule has 3 aromatic carbocycles. The van der Waals surface area contributed by atoms with Crippen molar-refractivity contribution < 1.29 is 4.74 Å². The molecule has 0 aliphatic heterocycles. The van der Waals surface area contributed by atoms with Crippen molar-refractivity contribution in [2.45, 2.75) is 17.5 Å². The molecule has 0 amide bonds. The highest BCUT2D eigenvalue weighted by atomic mass is 32.2. The Bertz CT molecular complexity index is 1440. The van der Waals surface area contributed by atoms with Crippen molar-refractivity contribution >= 4 is 22.8 Å². The van der Waals surface area contributed by atoms with Crippen LogP contribution in [0.3, 0.4) is 0 Å². The van der Waals surface area contributed by atoms with Gasteiger partial charge in [0.15, 0.2) is 5.16 Å². The lowest BCUT2D eigenvalue weighted by Crippen LogP contribution is -2.24. The standard InChI is InChI=1S/C27H23N3O2S/c1-32-22-14-8-11-20(15-22)18-33-27-29-24-23(21-12-6-3-7-13-21)16-28-25(24)26(31)30(27)17-19-9-4-2-5-10-19/h2-16,28H,17-18H2,1H3. The second kappa shape index (κ2) is 9.38. The number of H-pyrrole nitrogens is 1. The number of fused-ring (bicyclic) bond motifs is 1. The third-order valence-corrected chi connectivity index (χ3v) is 6.57. The third-order valence-electron chi connectivity index (χ3n) is 5.52. The van der Waals surface area contributed by atoms with Gasteiger partial charge in [-0.25, -0.2) is 4.98 Å². The predicted octanol–water partition coefficient (Wildman–Crippen LogP) is 5.74. The first-order valence-corrected chi connectivity index (χ1v) is 11.7. The van der Waals surface area contributed by atoms with Gasteiger partial charge in [0.05, 0.1) is 13.7 Å². The maximum absolute atomic E-state index is 13.6. The lowest BCUT2D eigenvalue weighted by molar-refractivity contribution is 0.414. The van der Waals surface area contributed by atoms with Gasteiger partial charge in [-0.15, -0.1) is 0 Å². The molecule has 0 saturated carbocycles. The summed E-state index contributed by atoms with van der Waals surface area (Å²) in [4.78, 5) is 21.7. The minimum atomic E-state index is -0.0702. The molecular weight excluding hydrogens is 430 g/mol. The number of rotatable bonds is 7. The molecule has 0 spiro atoms. The smallest absolute Gasteiger partial charge is 0.278 e. The Kier molecular flexibility index (Phi) is 6.00. The lowest BCUT2D eigenvalue weighted by Gasteiger charge is -2.13. The number of methoxy groups -OCH3 is 1. The van der Waals surface area contributed by atoms with E-state index in [1.54, 1.807) is 23.4 Å². The number of hydrogen-bond acceptors (Lipinski definition) is 4. The maximum Gasteiger partial charge on any atom is 0.278 e. The number of nitrogens with one attached hydrogen (secondary N) is 1. The van der Waals surface area contributed by atoms with Crippen LogP contribution in [0.15, 0.2) is 101 Å². The zero-order valence-electron chi connectivity index (χ0n) is 18.2. The molecule has 5 nitrogen and oxygen atoms in total. The number of thioether (sulfide) groups is 1.